The number of aromatic carboxylic acids is 1. The van der Waals surface area contributed by atoms with Gasteiger partial charge in [-0.05, 0) is 30.7 Å². The zero-order valence-corrected chi connectivity index (χ0v) is 10.2. The molecular formula is C12H9NO4S. The summed E-state index contributed by atoms with van der Waals surface area (Å²) < 4.78 is 0. The summed E-state index contributed by atoms with van der Waals surface area (Å²) in [5, 5.41) is 19.7. The van der Waals surface area contributed by atoms with Gasteiger partial charge in [-0.2, -0.15) is 0 Å². The van der Waals surface area contributed by atoms with Gasteiger partial charge in [-0.3, -0.25) is 10.1 Å². The summed E-state index contributed by atoms with van der Waals surface area (Å²) in [4.78, 5) is 23.0. The molecule has 6 heteroatoms. The van der Waals surface area contributed by atoms with E-state index in [0.717, 1.165) is 15.8 Å². The van der Waals surface area contributed by atoms with Crippen molar-refractivity contribution in [3.8, 4) is 10.4 Å². The smallest absolute Gasteiger partial charge is 0.335 e. The van der Waals surface area contributed by atoms with Crippen molar-refractivity contribution in [1.29, 1.82) is 0 Å². The van der Waals surface area contributed by atoms with Crippen LogP contribution in [-0.2, 0) is 0 Å². The molecule has 1 heterocycles. The van der Waals surface area contributed by atoms with Crippen LogP contribution in [0, 0.1) is 17.0 Å². The average Bonchev–Trinajstić information content (AvgIpc) is 2.75. The Balaban J connectivity index is 2.60. The van der Waals surface area contributed by atoms with Crippen LogP contribution in [0.1, 0.15) is 15.2 Å². The Labute approximate surface area is 106 Å². The molecule has 18 heavy (non-hydrogen) atoms. The fraction of sp³-hybridized carbons (Fsp3) is 0.0833. The molecule has 0 saturated heterocycles. The van der Waals surface area contributed by atoms with Crippen molar-refractivity contribution in [1.82, 2.24) is 0 Å². The Kier molecular flexibility index (Phi) is 3.12. The first-order chi connectivity index (χ1) is 8.47. The summed E-state index contributed by atoms with van der Waals surface area (Å²) in [6, 6.07) is 7.61. The standard InChI is InChI=1S/C12H9NO4S/c1-7-2-3-11(18-7)8-4-9(12(14)15)6-10(5-8)13(16)17/h2-6H,1H3,(H,14,15). The number of carboxylic acids is 1. The van der Waals surface area contributed by atoms with Gasteiger partial charge in [0, 0.05) is 21.9 Å². The van der Waals surface area contributed by atoms with E-state index in [-0.39, 0.29) is 11.3 Å². The molecular weight excluding hydrogens is 254 g/mol. The second-order valence-corrected chi connectivity index (χ2v) is 5.03. The Bertz CT molecular complexity index is 601. The topological polar surface area (TPSA) is 80.4 Å². The normalized spacial score (nSPS) is 10.3. The van der Waals surface area contributed by atoms with Crippen molar-refractivity contribution < 1.29 is 14.8 Å². The molecule has 0 spiro atoms. The van der Waals surface area contributed by atoms with Gasteiger partial charge in [-0.1, -0.05) is 0 Å². The number of hydrogen-bond donors (Lipinski definition) is 1. The quantitative estimate of drug-likeness (QED) is 0.680. The Hall–Kier alpha value is -2.21. The minimum atomic E-state index is -1.17. The number of nitro groups is 1. The summed E-state index contributed by atoms with van der Waals surface area (Å²) in [6.45, 7) is 1.92. The van der Waals surface area contributed by atoms with Crippen LogP contribution in [0.3, 0.4) is 0 Å². The minimum absolute atomic E-state index is 0.0785. The van der Waals surface area contributed by atoms with Crippen LogP contribution in [0.2, 0.25) is 0 Å². The summed E-state index contributed by atoms with van der Waals surface area (Å²) in [5.41, 5.74) is 0.265. The van der Waals surface area contributed by atoms with E-state index < -0.39 is 10.9 Å². The van der Waals surface area contributed by atoms with E-state index in [1.54, 1.807) is 0 Å². The van der Waals surface area contributed by atoms with Crippen LogP contribution < -0.4 is 0 Å². The van der Waals surface area contributed by atoms with Crippen LogP contribution >= 0.6 is 11.3 Å². The number of carboxylic acid groups (broad SMARTS) is 1. The fourth-order valence-corrected chi connectivity index (χ4v) is 2.43. The molecule has 0 aliphatic heterocycles. The third-order valence-corrected chi connectivity index (χ3v) is 3.45. The van der Waals surface area contributed by atoms with Crippen molar-refractivity contribution in [3.63, 3.8) is 0 Å². The first kappa shape index (κ1) is 12.3. The number of aryl methyl sites for hydroxylation is 1. The third kappa shape index (κ3) is 2.38. The SMILES string of the molecule is Cc1ccc(-c2cc(C(=O)O)cc([N+](=O)[O-])c2)s1. The van der Waals surface area contributed by atoms with E-state index in [9.17, 15) is 14.9 Å². The highest BCUT2D eigenvalue weighted by Gasteiger charge is 2.15. The maximum absolute atomic E-state index is 10.9. The molecule has 2 aromatic rings. The molecule has 0 aliphatic carbocycles. The lowest BCUT2D eigenvalue weighted by Gasteiger charge is -2.01. The molecule has 0 bridgehead atoms. The highest BCUT2D eigenvalue weighted by molar-refractivity contribution is 7.15. The Morgan fingerprint density at radius 1 is 1.33 bits per heavy atom. The molecule has 1 aromatic carbocycles. The molecule has 0 unspecified atom stereocenters. The molecule has 92 valence electrons. The van der Waals surface area contributed by atoms with Crippen LogP contribution in [0.5, 0.6) is 0 Å². The number of non-ortho nitro benzene ring substituents is 1. The van der Waals surface area contributed by atoms with Crippen LogP contribution in [0.4, 0.5) is 5.69 Å². The van der Waals surface area contributed by atoms with Crippen LogP contribution in [0.25, 0.3) is 10.4 Å². The second-order valence-electron chi connectivity index (χ2n) is 3.74. The van der Waals surface area contributed by atoms with E-state index in [4.69, 9.17) is 5.11 Å². The zero-order chi connectivity index (χ0) is 13.3. The first-order valence-electron chi connectivity index (χ1n) is 5.07. The van der Waals surface area contributed by atoms with Gasteiger partial charge in [-0.25, -0.2) is 4.79 Å². The molecule has 1 aromatic heterocycles. The number of nitrogens with zero attached hydrogens (tertiary/aromatic N) is 1. The van der Waals surface area contributed by atoms with Crippen molar-refractivity contribution in [2.45, 2.75) is 6.92 Å². The van der Waals surface area contributed by atoms with Gasteiger partial charge in [-0.15, -0.1) is 11.3 Å². The molecule has 0 fully saturated rings. The molecule has 2 rings (SSSR count). The summed E-state index contributed by atoms with van der Waals surface area (Å²) in [5.74, 6) is -1.17. The Morgan fingerprint density at radius 2 is 2.06 bits per heavy atom. The predicted molar refractivity (Wildman–Crippen MR) is 68.1 cm³/mol. The van der Waals surface area contributed by atoms with Gasteiger partial charge in [0.1, 0.15) is 0 Å². The lowest BCUT2D eigenvalue weighted by Crippen LogP contribution is -1.98. The molecule has 0 saturated carbocycles. The average molecular weight is 263 g/mol. The summed E-state index contributed by atoms with van der Waals surface area (Å²) >= 11 is 1.47. The zero-order valence-electron chi connectivity index (χ0n) is 9.41. The monoisotopic (exact) mass is 263 g/mol. The minimum Gasteiger partial charge on any atom is -0.478 e. The van der Waals surface area contributed by atoms with E-state index in [1.165, 1.54) is 23.5 Å². The maximum atomic E-state index is 10.9. The Morgan fingerprint density at radius 3 is 2.56 bits per heavy atom. The van der Waals surface area contributed by atoms with Gasteiger partial charge < -0.3 is 5.11 Å². The number of thiophene rings is 1. The number of nitro benzene ring substituents is 1. The highest BCUT2D eigenvalue weighted by atomic mass is 32.1. The van der Waals surface area contributed by atoms with Gasteiger partial charge in [0.15, 0.2) is 0 Å². The molecule has 1 N–H and O–H groups in total. The first-order valence-corrected chi connectivity index (χ1v) is 5.88. The molecule has 0 amide bonds. The maximum Gasteiger partial charge on any atom is 0.335 e. The summed E-state index contributed by atoms with van der Waals surface area (Å²) in [7, 11) is 0. The third-order valence-electron chi connectivity index (χ3n) is 2.40. The van der Waals surface area contributed by atoms with Crippen LogP contribution in [0.15, 0.2) is 30.3 Å². The van der Waals surface area contributed by atoms with Crippen LogP contribution in [-0.4, -0.2) is 16.0 Å². The summed E-state index contributed by atoms with van der Waals surface area (Å²) in [6.07, 6.45) is 0. The van der Waals surface area contributed by atoms with E-state index in [1.807, 2.05) is 19.1 Å². The van der Waals surface area contributed by atoms with Crippen molar-refractivity contribution in [3.05, 3.63) is 50.9 Å². The lowest BCUT2D eigenvalue weighted by molar-refractivity contribution is -0.384. The highest BCUT2D eigenvalue weighted by Crippen LogP contribution is 2.31. The van der Waals surface area contributed by atoms with Gasteiger partial charge >= 0.3 is 5.97 Å². The number of hydrogen-bond acceptors (Lipinski definition) is 4. The van der Waals surface area contributed by atoms with E-state index >= 15 is 0 Å². The number of carbonyl (C=O) groups is 1. The van der Waals surface area contributed by atoms with E-state index in [0.29, 0.717) is 5.56 Å². The number of rotatable bonds is 3. The van der Waals surface area contributed by atoms with Crippen molar-refractivity contribution in [2.24, 2.45) is 0 Å². The number of benzene rings is 1. The van der Waals surface area contributed by atoms with Crippen molar-refractivity contribution >= 4 is 23.0 Å². The molecule has 0 radical (unpaired) electrons. The van der Waals surface area contributed by atoms with E-state index in [2.05, 4.69) is 0 Å². The lowest BCUT2D eigenvalue weighted by atomic mass is 10.1. The molecule has 0 aliphatic rings. The molecule has 5 nitrogen and oxygen atoms in total. The largest absolute Gasteiger partial charge is 0.478 e. The van der Waals surface area contributed by atoms with Gasteiger partial charge in [0.25, 0.3) is 5.69 Å². The van der Waals surface area contributed by atoms with Gasteiger partial charge in [0.2, 0.25) is 0 Å². The second kappa shape index (κ2) is 4.58. The molecule has 0 atom stereocenters. The van der Waals surface area contributed by atoms with Crippen molar-refractivity contribution in [2.75, 3.05) is 0 Å². The fourth-order valence-electron chi connectivity index (χ4n) is 1.57. The van der Waals surface area contributed by atoms with Gasteiger partial charge in [0.05, 0.1) is 10.5 Å². The predicted octanol–water partition coefficient (Wildman–Crippen LogP) is 3.33.